The van der Waals surface area contributed by atoms with Crippen LogP contribution >= 0.6 is 0 Å². The van der Waals surface area contributed by atoms with Gasteiger partial charge in [0.1, 0.15) is 5.75 Å². The summed E-state index contributed by atoms with van der Waals surface area (Å²) in [7, 11) is 0. The number of aromatic nitrogens is 2. The number of benzene rings is 1. The number of rotatable bonds is 2. The monoisotopic (exact) mass is 243 g/mol. The third-order valence-electron chi connectivity index (χ3n) is 2.80. The van der Waals surface area contributed by atoms with Crippen LogP contribution < -0.4 is 10.5 Å². The Labute approximate surface area is 107 Å². The molecule has 1 aromatic carbocycles. The van der Waals surface area contributed by atoms with Crippen molar-refractivity contribution in [3.63, 3.8) is 0 Å². The molecular formula is C14H17N3O. The number of nitrogen functional groups attached to an aromatic ring is 1. The maximum Gasteiger partial charge on any atom is 0.241 e. The van der Waals surface area contributed by atoms with Gasteiger partial charge >= 0.3 is 0 Å². The fourth-order valence-corrected chi connectivity index (χ4v) is 1.67. The quantitative estimate of drug-likeness (QED) is 0.823. The van der Waals surface area contributed by atoms with Crippen molar-refractivity contribution >= 4 is 5.69 Å². The van der Waals surface area contributed by atoms with Crippen molar-refractivity contribution in [3.8, 4) is 11.6 Å². The van der Waals surface area contributed by atoms with Crippen LogP contribution in [-0.2, 0) is 0 Å². The zero-order chi connectivity index (χ0) is 13.3. The maximum absolute atomic E-state index is 5.90. The molecule has 0 atom stereocenters. The van der Waals surface area contributed by atoms with Gasteiger partial charge < -0.3 is 10.5 Å². The van der Waals surface area contributed by atoms with Gasteiger partial charge in [-0.15, -0.1) is 0 Å². The summed E-state index contributed by atoms with van der Waals surface area (Å²) in [4.78, 5) is 8.56. The smallest absolute Gasteiger partial charge is 0.241 e. The molecule has 1 aromatic heterocycles. The molecule has 0 fully saturated rings. The second-order valence-electron chi connectivity index (χ2n) is 4.48. The van der Waals surface area contributed by atoms with Crippen LogP contribution in [0, 0.1) is 27.7 Å². The molecule has 94 valence electrons. The van der Waals surface area contributed by atoms with Crippen LogP contribution in [0.5, 0.6) is 11.6 Å². The van der Waals surface area contributed by atoms with E-state index >= 15 is 0 Å². The van der Waals surface area contributed by atoms with E-state index in [1.165, 1.54) is 0 Å². The number of hydrogen-bond donors (Lipinski definition) is 1. The summed E-state index contributed by atoms with van der Waals surface area (Å²) in [6.07, 6.45) is 1.72. The molecule has 0 saturated carbocycles. The van der Waals surface area contributed by atoms with Gasteiger partial charge in [0, 0.05) is 18.0 Å². The highest BCUT2D eigenvalue weighted by Crippen LogP contribution is 2.29. The van der Waals surface area contributed by atoms with Crippen LogP contribution in [0.4, 0.5) is 5.69 Å². The lowest BCUT2D eigenvalue weighted by Gasteiger charge is -2.12. The van der Waals surface area contributed by atoms with E-state index < -0.39 is 0 Å². The van der Waals surface area contributed by atoms with Crippen LogP contribution in [0.1, 0.15) is 22.5 Å². The van der Waals surface area contributed by atoms with Crippen molar-refractivity contribution in [2.24, 2.45) is 0 Å². The molecule has 0 saturated heterocycles. The molecule has 0 spiro atoms. The third-order valence-corrected chi connectivity index (χ3v) is 2.80. The van der Waals surface area contributed by atoms with Crippen molar-refractivity contribution in [1.82, 2.24) is 9.97 Å². The molecule has 4 nitrogen and oxygen atoms in total. The molecule has 0 amide bonds. The minimum absolute atomic E-state index is 0.529. The fourth-order valence-electron chi connectivity index (χ4n) is 1.67. The number of anilines is 1. The van der Waals surface area contributed by atoms with Gasteiger partial charge in [-0.1, -0.05) is 6.07 Å². The Bertz CT molecular complexity index is 594. The van der Waals surface area contributed by atoms with E-state index in [4.69, 9.17) is 10.5 Å². The summed E-state index contributed by atoms with van der Waals surface area (Å²) in [5.74, 6) is 1.25. The van der Waals surface area contributed by atoms with Crippen LogP contribution in [0.15, 0.2) is 18.3 Å². The summed E-state index contributed by atoms with van der Waals surface area (Å²) < 4.78 is 5.80. The molecular weight excluding hydrogens is 226 g/mol. The van der Waals surface area contributed by atoms with Gasteiger partial charge in [-0.25, -0.2) is 4.98 Å². The van der Waals surface area contributed by atoms with Gasteiger partial charge in [-0.3, -0.25) is 4.98 Å². The van der Waals surface area contributed by atoms with Crippen LogP contribution in [-0.4, -0.2) is 9.97 Å². The second kappa shape index (κ2) is 4.64. The molecule has 2 N–H and O–H groups in total. The van der Waals surface area contributed by atoms with Crippen molar-refractivity contribution in [1.29, 1.82) is 0 Å². The van der Waals surface area contributed by atoms with Gasteiger partial charge in [0.05, 0.1) is 11.4 Å². The number of aryl methyl sites for hydroxylation is 4. The van der Waals surface area contributed by atoms with E-state index in [9.17, 15) is 0 Å². The highest BCUT2D eigenvalue weighted by atomic mass is 16.5. The highest BCUT2D eigenvalue weighted by Gasteiger charge is 2.08. The lowest BCUT2D eigenvalue weighted by Crippen LogP contribution is -1.99. The SMILES string of the molecule is Cc1cnc(C)c(Oc2cc(N)c(C)cc2C)n1. The van der Waals surface area contributed by atoms with E-state index in [1.807, 2.05) is 39.8 Å². The first-order valence-corrected chi connectivity index (χ1v) is 5.82. The Balaban J connectivity index is 2.40. The van der Waals surface area contributed by atoms with E-state index in [0.29, 0.717) is 11.6 Å². The Kier molecular flexibility index (Phi) is 3.19. The molecule has 2 rings (SSSR count). The Morgan fingerprint density at radius 1 is 1.06 bits per heavy atom. The highest BCUT2D eigenvalue weighted by molar-refractivity contribution is 5.54. The standard InChI is InChI=1S/C14H17N3O/c1-8-5-9(2)13(6-12(8)15)18-14-11(4)16-7-10(3)17-14/h5-7H,15H2,1-4H3. The van der Waals surface area contributed by atoms with Crippen LogP contribution in [0.25, 0.3) is 0 Å². The lowest BCUT2D eigenvalue weighted by molar-refractivity contribution is 0.450. The normalized spacial score (nSPS) is 10.4. The molecule has 0 radical (unpaired) electrons. The molecule has 0 aliphatic carbocycles. The summed E-state index contributed by atoms with van der Waals surface area (Å²) in [6.45, 7) is 7.72. The van der Waals surface area contributed by atoms with Crippen molar-refractivity contribution < 1.29 is 4.74 Å². The van der Waals surface area contributed by atoms with Crippen LogP contribution in [0.3, 0.4) is 0 Å². The Hall–Kier alpha value is -2.10. The Morgan fingerprint density at radius 2 is 1.78 bits per heavy atom. The minimum Gasteiger partial charge on any atom is -0.437 e. The molecule has 4 heteroatoms. The van der Waals surface area contributed by atoms with E-state index in [1.54, 1.807) is 6.20 Å². The van der Waals surface area contributed by atoms with Gasteiger partial charge in [0.15, 0.2) is 0 Å². The van der Waals surface area contributed by atoms with Gasteiger partial charge in [0.2, 0.25) is 5.88 Å². The third kappa shape index (κ3) is 2.42. The first kappa shape index (κ1) is 12.4. The van der Waals surface area contributed by atoms with Gasteiger partial charge in [-0.2, -0.15) is 0 Å². The van der Waals surface area contributed by atoms with Crippen molar-refractivity contribution in [2.45, 2.75) is 27.7 Å². The predicted octanol–water partition coefficient (Wildman–Crippen LogP) is 3.08. The molecule has 0 aliphatic rings. The molecule has 18 heavy (non-hydrogen) atoms. The van der Waals surface area contributed by atoms with Gasteiger partial charge in [0.25, 0.3) is 0 Å². The van der Waals surface area contributed by atoms with Gasteiger partial charge in [-0.05, 0) is 38.8 Å². The van der Waals surface area contributed by atoms with Crippen LogP contribution in [0.2, 0.25) is 0 Å². The summed E-state index contributed by atoms with van der Waals surface area (Å²) >= 11 is 0. The zero-order valence-corrected chi connectivity index (χ0v) is 11.1. The maximum atomic E-state index is 5.90. The minimum atomic E-state index is 0.529. The average Bonchev–Trinajstić information content (AvgIpc) is 2.30. The van der Waals surface area contributed by atoms with E-state index in [0.717, 1.165) is 28.3 Å². The van der Waals surface area contributed by atoms with E-state index in [2.05, 4.69) is 9.97 Å². The largest absolute Gasteiger partial charge is 0.437 e. The first-order chi connectivity index (χ1) is 8.47. The fraction of sp³-hybridized carbons (Fsp3) is 0.286. The van der Waals surface area contributed by atoms with E-state index in [-0.39, 0.29) is 0 Å². The predicted molar refractivity (Wildman–Crippen MR) is 71.9 cm³/mol. The zero-order valence-electron chi connectivity index (χ0n) is 11.1. The first-order valence-electron chi connectivity index (χ1n) is 5.82. The number of nitrogens with zero attached hydrogens (tertiary/aromatic N) is 2. The summed E-state index contributed by atoms with van der Waals surface area (Å²) in [6, 6.07) is 3.83. The molecule has 2 aromatic rings. The topological polar surface area (TPSA) is 61.0 Å². The number of nitrogens with two attached hydrogens (primary N) is 1. The molecule has 1 heterocycles. The number of hydrogen-bond acceptors (Lipinski definition) is 4. The lowest BCUT2D eigenvalue weighted by atomic mass is 10.1. The molecule has 0 unspecified atom stereocenters. The van der Waals surface area contributed by atoms with Crippen molar-refractivity contribution in [2.75, 3.05) is 5.73 Å². The molecule has 0 bridgehead atoms. The average molecular weight is 243 g/mol. The number of ether oxygens (including phenoxy) is 1. The summed E-state index contributed by atoms with van der Waals surface area (Å²) in [5.41, 5.74) is 10.3. The van der Waals surface area contributed by atoms with Crippen molar-refractivity contribution in [3.05, 3.63) is 40.8 Å². The molecule has 0 aliphatic heterocycles. The summed E-state index contributed by atoms with van der Waals surface area (Å²) in [5, 5.41) is 0. The second-order valence-corrected chi connectivity index (χ2v) is 4.48. The Morgan fingerprint density at radius 3 is 2.50 bits per heavy atom.